The normalized spacial score (nSPS) is 23.8. The van der Waals surface area contributed by atoms with E-state index in [1.165, 1.54) is 76.0 Å². The number of nitrogens with one attached hydrogen (secondary N) is 4. The average molecular weight is 2080 g/mol. The molecule has 10 aromatic rings. The largest absolute Gasteiger partial charge is 0.504 e. The van der Waals surface area contributed by atoms with E-state index in [4.69, 9.17) is 18.9 Å². The maximum absolute atomic E-state index is 13.5. The van der Waals surface area contributed by atoms with Crippen molar-refractivity contribution in [2.24, 2.45) is 0 Å². The molecule has 760 valence electrons. The Hall–Kier alpha value is -9.61. The number of fused-ring (bicyclic) bond motifs is 5. The van der Waals surface area contributed by atoms with Gasteiger partial charge in [-0.2, -0.15) is 5.06 Å². The van der Waals surface area contributed by atoms with Crippen LogP contribution >= 0.6 is 15.9 Å². The van der Waals surface area contributed by atoms with Gasteiger partial charge in [-0.25, -0.2) is 42.1 Å². The third-order valence-corrected chi connectivity index (χ3v) is 38.8. The molecule has 0 saturated carbocycles. The Kier molecular flexibility index (Phi) is 37.8. The standard InChI is InChI=1S/C22H28BrNO4S.3C22H29NO4S.C21H27NO4S/c1-4-6-12-22(5-2)15-29(26,27)20-14-19(28-3)18(23)13-17(20)21(24(22)25)16-10-8-7-9-11-16;1-4-6-12-22(5-2)15-28(25,26)20-14-18(24)19(27-3)13-17(20)21(23-22)16-10-8-7-9-11-16;2*1-4-6-12-22(5-2)15-28(25,26)20-14-19(27-3)18(24)13-17(20)21(23-22)16-10-8-7-9-11-16;1-3-5-11-21(4-2)14-27(25,26)19-13-18(24)17(23)12-16(19)20(22-21)15-9-7-6-8-10-15/h7-11,13-14,21,25H,4-6,12,15H2,1-3H3;3*7-11,13-14,21,23-24H,4-6,12,15H2,1-3H3;6-10,12-13,20,22-24H,3-5,11,14H2,1-2H3/t4*21-,22-;20-,21-/m11111/s1. The number of hydrogen-bond donors (Lipinski definition) is 10. The van der Waals surface area contributed by atoms with Gasteiger partial charge in [0.25, 0.3) is 0 Å². The molecular formula is C109H142BrN5O20S5. The first-order valence-corrected chi connectivity index (χ1v) is 57.9. The van der Waals surface area contributed by atoms with Gasteiger partial charge in [-0.05, 0) is 166 Å². The number of hydrogen-bond acceptors (Lipinski definition) is 25. The number of halogens is 1. The lowest BCUT2D eigenvalue weighted by Gasteiger charge is -2.42. The van der Waals surface area contributed by atoms with Crippen LogP contribution in [0, 0.1) is 0 Å². The smallest absolute Gasteiger partial charge is 0.180 e. The zero-order valence-electron chi connectivity index (χ0n) is 83.0. The monoisotopic (exact) mass is 2080 g/mol. The number of aromatic hydroxyl groups is 5. The summed E-state index contributed by atoms with van der Waals surface area (Å²) in [5.74, 6) is -0.0203. The lowest BCUT2D eigenvalue weighted by Crippen LogP contribution is -2.51. The summed E-state index contributed by atoms with van der Waals surface area (Å²) >= 11 is 3.49. The Balaban J connectivity index is 0.000000167. The van der Waals surface area contributed by atoms with Gasteiger partial charge in [0.05, 0.1) is 122 Å². The molecule has 5 aliphatic heterocycles. The molecule has 0 aromatic heterocycles. The molecule has 15 rings (SSSR count). The lowest BCUT2D eigenvalue weighted by molar-refractivity contribution is -0.193. The maximum atomic E-state index is 13.5. The van der Waals surface area contributed by atoms with Crippen LogP contribution < -0.4 is 40.2 Å². The molecule has 10 N–H and O–H groups in total. The number of methoxy groups -OCH3 is 4. The van der Waals surface area contributed by atoms with Crippen molar-refractivity contribution in [3.63, 3.8) is 0 Å². The first-order chi connectivity index (χ1) is 66.7. The summed E-state index contributed by atoms with van der Waals surface area (Å²) in [6, 6.07) is 61.6. The molecule has 0 unspecified atom stereocenters. The summed E-state index contributed by atoms with van der Waals surface area (Å²) in [5, 5.41) is 78.6. The van der Waals surface area contributed by atoms with Gasteiger partial charge in [0, 0.05) is 52.5 Å². The number of unbranched alkanes of at least 4 members (excludes halogenated alkanes) is 5. The van der Waals surface area contributed by atoms with Crippen LogP contribution in [-0.2, 0) is 49.2 Å². The van der Waals surface area contributed by atoms with Crippen LogP contribution in [0.25, 0.3) is 0 Å². The number of nitrogens with zero attached hydrogens (tertiary/aromatic N) is 1. The van der Waals surface area contributed by atoms with Gasteiger partial charge in [-0.3, -0.25) is 21.3 Å². The van der Waals surface area contributed by atoms with E-state index in [9.17, 15) is 72.8 Å². The molecule has 0 spiro atoms. The van der Waals surface area contributed by atoms with E-state index in [1.54, 1.807) is 18.2 Å². The predicted molar refractivity (Wildman–Crippen MR) is 555 cm³/mol. The number of benzene rings is 10. The number of ether oxygens (including phenoxy) is 4. The lowest BCUT2D eigenvalue weighted by atomic mass is 9.87. The van der Waals surface area contributed by atoms with Gasteiger partial charge in [-0.1, -0.05) is 285 Å². The SMILES string of the molecule is CCCC[C@]1(CC)CS(=O)(=O)c2cc(O)c(O)cc2[C@@H](c2ccccc2)N1.CCCC[C@]1(CC)CS(=O)(=O)c2cc(O)c(OC)cc2[C@@H](c2ccccc2)N1.CCCC[C@]1(CC)CS(=O)(=O)c2cc(OC)c(Br)cc2[C@@H](c2ccccc2)N1O.CCCC[C@]1(CC)CS(=O)(=O)c2cc(OC)c(O)cc2[C@@H](c2ccccc2)N1.CCCC[C@]1(CC)CS(=O)(=O)c2cc(OC)c(O)cc2[C@@H](c2ccccc2)N1. The number of phenols is 5. The number of hydroxylamine groups is 2. The molecule has 10 aromatic carbocycles. The second-order valence-corrected chi connectivity index (χ2v) is 48.3. The molecule has 140 heavy (non-hydrogen) atoms. The summed E-state index contributed by atoms with van der Waals surface area (Å²) in [5.41, 5.74) is 4.46. The fourth-order valence-electron chi connectivity index (χ4n) is 20.2. The number of rotatable bonds is 29. The summed E-state index contributed by atoms with van der Waals surface area (Å²) in [4.78, 5) is 0.952. The van der Waals surface area contributed by atoms with Gasteiger partial charge in [0.15, 0.2) is 95.2 Å². The van der Waals surface area contributed by atoms with Crippen molar-refractivity contribution in [3.05, 3.63) is 272 Å². The van der Waals surface area contributed by atoms with E-state index in [0.29, 0.717) is 76.6 Å². The zero-order valence-corrected chi connectivity index (χ0v) is 88.7. The Bertz CT molecular complexity index is 6290. The molecular weight excluding hydrogens is 1940 g/mol. The molecule has 25 nitrogen and oxygen atoms in total. The van der Waals surface area contributed by atoms with E-state index < -0.39 is 88.7 Å². The molecule has 0 aliphatic carbocycles. The van der Waals surface area contributed by atoms with Crippen molar-refractivity contribution in [2.75, 3.05) is 57.2 Å². The van der Waals surface area contributed by atoms with Crippen molar-refractivity contribution in [1.29, 1.82) is 0 Å². The van der Waals surface area contributed by atoms with Crippen LogP contribution in [-0.4, -0.2) is 163 Å². The Labute approximate surface area is 838 Å². The summed E-state index contributed by atoms with van der Waals surface area (Å²) in [6.45, 7) is 20.6. The van der Waals surface area contributed by atoms with Crippen molar-refractivity contribution in [2.45, 2.75) is 280 Å². The van der Waals surface area contributed by atoms with Crippen LogP contribution in [0.15, 0.2) is 241 Å². The zero-order chi connectivity index (χ0) is 102. The molecule has 10 atom stereocenters. The van der Waals surface area contributed by atoms with Crippen molar-refractivity contribution in [3.8, 4) is 51.7 Å². The quantitative estimate of drug-likeness (QED) is 0.0195. The van der Waals surface area contributed by atoms with Crippen LogP contribution in [0.1, 0.15) is 283 Å². The van der Waals surface area contributed by atoms with Gasteiger partial charge in [0.2, 0.25) is 0 Å². The topological polar surface area (TPSA) is 380 Å². The molecule has 5 aliphatic rings. The highest BCUT2D eigenvalue weighted by Crippen LogP contribution is 2.51. The van der Waals surface area contributed by atoms with Crippen molar-refractivity contribution >= 4 is 65.1 Å². The molecule has 0 saturated heterocycles. The number of phenolic OH excluding ortho intramolecular Hbond substituents is 5. The van der Waals surface area contributed by atoms with E-state index in [2.05, 4.69) is 71.8 Å². The van der Waals surface area contributed by atoms with E-state index in [-0.39, 0.29) is 118 Å². The second kappa shape index (κ2) is 47.7. The molecule has 0 radical (unpaired) electrons. The van der Waals surface area contributed by atoms with Crippen molar-refractivity contribution < 1.29 is 91.8 Å². The molecule has 0 amide bonds. The highest BCUT2D eigenvalue weighted by Gasteiger charge is 2.51. The molecule has 31 heteroatoms. The minimum absolute atomic E-state index is 0.0125. The minimum Gasteiger partial charge on any atom is -0.504 e. The highest BCUT2D eigenvalue weighted by atomic mass is 79.9. The second-order valence-electron chi connectivity index (χ2n) is 37.6. The van der Waals surface area contributed by atoms with Crippen molar-refractivity contribution in [1.82, 2.24) is 26.3 Å². The first-order valence-electron chi connectivity index (χ1n) is 48.8. The summed E-state index contributed by atoms with van der Waals surface area (Å²) in [6.07, 6.45) is 16.5. The van der Waals surface area contributed by atoms with Gasteiger partial charge < -0.3 is 49.7 Å². The van der Waals surface area contributed by atoms with Gasteiger partial charge in [0.1, 0.15) is 5.75 Å². The maximum Gasteiger partial charge on any atom is 0.180 e. The fraction of sp³-hybridized carbons (Fsp3) is 0.450. The highest BCUT2D eigenvalue weighted by molar-refractivity contribution is 9.10. The Morgan fingerprint density at radius 2 is 0.543 bits per heavy atom. The Morgan fingerprint density at radius 3 is 0.843 bits per heavy atom. The van der Waals surface area contributed by atoms with Crippen LogP contribution in [0.4, 0.5) is 0 Å². The minimum atomic E-state index is -3.65. The Morgan fingerprint density at radius 1 is 0.300 bits per heavy atom. The van der Waals surface area contributed by atoms with E-state index in [0.717, 1.165) is 118 Å². The fourth-order valence-corrected chi connectivity index (χ4v) is 31.4. The van der Waals surface area contributed by atoms with E-state index in [1.807, 2.05) is 186 Å². The average Bonchev–Trinajstić information content (AvgIpc) is 1.58. The van der Waals surface area contributed by atoms with Crippen LogP contribution in [0.5, 0.6) is 51.7 Å². The molecule has 0 bridgehead atoms. The predicted octanol–water partition coefficient (Wildman–Crippen LogP) is 21.9. The first kappa shape index (κ1) is 111. The third-order valence-electron chi connectivity index (χ3n) is 28.4. The van der Waals surface area contributed by atoms with Crippen LogP contribution in [0.2, 0.25) is 0 Å². The van der Waals surface area contributed by atoms with Gasteiger partial charge >= 0.3 is 0 Å². The third kappa shape index (κ3) is 25.1. The summed E-state index contributed by atoms with van der Waals surface area (Å²) in [7, 11) is -12.2. The van der Waals surface area contributed by atoms with Gasteiger partial charge in [-0.15, -0.1) is 0 Å². The molecule has 0 fully saturated rings. The van der Waals surface area contributed by atoms with Crippen LogP contribution in [0.3, 0.4) is 0 Å². The number of sulfone groups is 5. The molecule has 5 heterocycles. The van der Waals surface area contributed by atoms with E-state index >= 15 is 0 Å². The summed E-state index contributed by atoms with van der Waals surface area (Å²) < 4.78 is 156.